The molecule has 0 unspecified atom stereocenters. The Morgan fingerprint density at radius 1 is 1.23 bits per heavy atom. The number of ether oxygens (including phenoxy) is 2. The molecule has 0 N–H and O–H groups in total. The van der Waals surface area contributed by atoms with E-state index in [1.807, 2.05) is 37.0 Å². The Morgan fingerprint density at radius 3 is 2.50 bits per heavy atom. The van der Waals surface area contributed by atoms with Crippen LogP contribution < -0.4 is 0 Å². The molecule has 2 heterocycles. The van der Waals surface area contributed by atoms with Crippen LogP contribution in [0.5, 0.6) is 0 Å². The van der Waals surface area contributed by atoms with Crippen LogP contribution in [0.3, 0.4) is 0 Å². The first-order chi connectivity index (χ1) is 14.2. The van der Waals surface area contributed by atoms with Gasteiger partial charge in [-0.15, -0.1) is 0 Å². The van der Waals surface area contributed by atoms with Crippen molar-refractivity contribution in [1.29, 1.82) is 0 Å². The molecule has 0 saturated carbocycles. The quantitative estimate of drug-likeness (QED) is 0.626. The van der Waals surface area contributed by atoms with E-state index in [0.29, 0.717) is 38.3 Å². The minimum atomic E-state index is -0.671. The third-order valence-electron chi connectivity index (χ3n) is 5.90. The number of carbonyl (C=O) groups is 1. The van der Waals surface area contributed by atoms with Crippen molar-refractivity contribution in [3.8, 4) is 0 Å². The van der Waals surface area contributed by atoms with E-state index < -0.39 is 5.79 Å². The molecule has 0 bridgehead atoms. The van der Waals surface area contributed by atoms with Gasteiger partial charge in [-0.3, -0.25) is 4.79 Å². The van der Waals surface area contributed by atoms with Crippen molar-refractivity contribution < 1.29 is 14.3 Å². The lowest BCUT2D eigenvalue weighted by Gasteiger charge is -2.45. The van der Waals surface area contributed by atoms with E-state index in [9.17, 15) is 4.79 Å². The van der Waals surface area contributed by atoms with Gasteiger partial charge >= 0.3 is 0 Å². The summed E-state index contributed by atoms with van der Waals surface area (Å²) in [4.78, 5) is 14.1. The Morgan fingerprint density at radius 2 is 1.90 bits per heavy atom. The van der Waals surface area contributed by atoms with E-state index >= 15 is 0 Å². The summed E-state index contributed by atoms with van der Waals surface area (Å²) < 4.78 is 12.3. The van der Waals surface area contributed by atoms with Crippen LogP contribution in [0.4, 0.5) is 0 Å². The van der Waals surface area contributed by atoms with E-state index in [-0.39, 0.29) is 11.8 Å². The van der Waals surface area contributed by atoms with Crippen LogP contribution in [-0.4, -0.2) is 36.3 Å². The Hall–Kier alpha value is -2.59. The number of benzene rings is 1. The van der Waals surface area contributed by atoms with Gasteiger partial charge in [-0.1, -0.05) is 57.3 Å². The van der Waals surface area contributed by atoms with E-state index in [1.165, 1.54) is 11.1 Å². The van der Waals surface area contributed by atoms with Crippen LogP contribution in [0.2, 0.25) is 0 Å². The number of aryl methyl sites for hydroxylation is 1. The van der Waals surface area contributed by atoms with Crippen molar-refractivity contribution in [1.82, 2.24) is 4.90 Å². The highest BCUT2D eigenvalue weighted by molar-refractivity contribution is 5.78. The van der Waals surface area contributed by atoms with Gasteiger partial charge in [0.2, 0.25) is 11.7 Å². The van der Waals surface area contributed by atoms with E-state index in [0.717, 1.165) is 16.7 Å². The second kappa shape index (κ2) is 9.05. The lowest BCUT2D eigenvalue weighted by molar-refractivity contribution is -0.246. The van der Waals surface area contributed by atoms with Crippen molar-refractivity contribution >= 4 is 12.0 Å². The summed E-state index contributed by atoms with van der Waals surface area (Å²) >= 11 is 0. The number of amides is 1. The summed E-state index contributed by atoms with van der Waals surface area (Å²) in [7, 11) is 0. The van der Waals surface area contributed by atoms with E-state index in [2.05, 4.69) is 45.2 Å². The number of allylic oxidation sites excluding steroid dienone is 3. The predicted octanol–water partition coefficient (Wildman–Crippen LogP) is 5.42. The first-order valence-electron chi connectivity index (χ1n) is 10.7. The number of carbonyl (C=O) groups excluding carboxylic acids is 1. The van der Waals surface area contributed by atoms with E-state index in [4.69, 9.17) is 9.47 Å². The molecule has 0 atom stereocenters. The van der Waals surface area contributed by atoms with Gasteiger partial charge in [0.25, 0.3) is 0 Å². The highest BCUT2D eigenvalue weighted by Crippen LogP contribution is 2.37. The maximum Gasteiger partial charge on any atom is 0.225 e. The molecule has 2 fully saturated rings. The zero-order valence-electron chi connectivity index (χ0n) is 18.7. The van der Waals surface area contributed by atoms with Crippen molar-refractivity contribution in [2.75, 3.05) is 19.7 Å². The topological polar surface area (TPSA) is 38.8 Å². The molecule has 2 saturated heterocycles. The van der Waals surface area contributed by atoms with Crippen LogP contribution >= 0.6 is 0 Å². The fraction of sp³-hybridized carbons (Fsp3) is 0.423. The average Bonchev–Trinajstić information content (AvgIpc) is 2.72. The second-order valence-corrected chi connectivity index (χ2v) is 8.58. The molecule has 1 aromatic rings. The Balaban J connectivity index is 1.63. The molecular weight excluding hydrogens is 374 g/mol. The second-order valence-electron chi connectivity index (χ2n) is 8.58. The molecule has 3 rings (SSSR count). The molecule has 1 spiro atoms. The zero-order chi connectivity index (χ0) is 21.9. The highest BCUT2D eigenvalue weighted by atomic mass is 16.7. The standard InChI is InChI=1S/C26H33NO3/c1-18(2)25(28)27-13-11-26(12-14-27)29-17-24(22(6)30-26)16-21(5)20(4)15-23-10-8-7-9-19(23)3/h7-10,15-16,18H,5-6,11-14,17H2,1-4H3/b20-15+,24-16-. The molecule has 160 valence electrons. The van der Waals surface area contributed by atoms with Crippen molar-refractivity contribution in [2.45, 2.75) is 46.3 Å². The van der Waals surface area contributed by atoms with Crippen molar-refractivity contribution in [3.05, 3.63) is 77.1 Å². The molecule has 2 aliphatic heterocycles. The number of rotatable bonds is 4. The van der Waals surface area contributed by atoms with Crippen molar-refractivity contribution in [2.24, 2.45) is 5.92 Å². The Bertz CT molecular complexity index is 899. The molecule has 0 aromatic heterocycles. The molecule has 4 heteroatoms. The Kier molecular flexibility index (Phi) is 6.67. The van der Waals surface area contributed by atoms with Gasteiger partial charge in [-0.2, -0.15) is 0 Å². The van der Waals surface area contributed by atoms with Gasteiger partial charge < -0.3 is 14.4 Å². The lowest BCUT2D eigenvalue weighted by atomic mass is 9.98. The normalized spacial score (nSPS) is 20.6. The number of nitrogens with zero attached hydrogens (tertiary/aromatic N) is 1. The maximum atomic E-state index is 12.2. The van der Waals surface area contributed by atoms with Gasteiger partial charge in [-0.25, -0.2) is 0 Å². The van der Waals surface area contributed by atoms with Gasteiger partial charge in [-0.05, 0) is 42.2 Å². The smallest absolute Gasteiger partial charge is 0.225 e. The number of piperidine rings is 1. The zero-order valence-corrected chi connectivity index (χ0v) is 18.7. The van der Waals surface area contributed by atoms with Crippen LogP contribution in [0.1, 0.15) is 44.7 Å². The van der Waals surface area contributed by atoms with Gasteiger partial charge in [0.15, 0.2) is 0 Å². The summed E-state index contributed by atoms with van der Waals surface area (Å²) in [6, 6.07) is 8.28. The molecule has 1 aromatic carbocycles. The van der Waals surface area contributed by atoms with Crippen LogP contribution in [0.25, 0.3) is 6.08 Å². The monoisotopic (exact) mass is 407 g/mol. The lowest BCUT2D eigenvalue weighted by Crippen LogP contribution is -2.52. The predicted molar refractivity (Wildman–Crippen MR) is 122 cm³/mol. The number of hydrogen-bond acceptors (Lipinski definition) is 3. The average molecular weight is 408 g/mol. The minimum Gasteiger partial charge on any atom is -0.462 e. The van der Waals surface area contributed by atoms with Gasteiger partial charge in [0, 0.05) is 37.4 Å². The fourth-order valence-corrected chi connectivity index (χ4v) is 3.81. The summed E-state index contributed by atoms with van der Waals surface area (Å²) in [5, 5.41) is 0. The molecule has 0 radical (unpaired) electrons. The first-order valence-corrected chi connectivity index (χ1v) is 10.7. The molecular formula is C26H33NO3. The fourth-order valence-electron chi connectivity index (χ4n) is 3.81. The Labute approximate surface area is 180 Å². The summed E-state index contributed by atoms with van der Waals surface area (Å²) in [5.41, 5.74) is 5.32. The summed E-state index contributed by atoms with van der Waals surface area (Å²) in [6.07, 6.45) is 5.46. The van der Waals surface area contributed by atoms with Crippen LogP contribution in [-0.2, 0) is 14.3 Å². The maximum absolute atomic E-state index is 12.2. The molecule has 1 amide bonds. The molecule has 0 aliphatic carbocycles. The van der Waals surface area contributed by atoms with Gasteiger partial charge in [0.1, 0.15) is 5.76 Å². The molecule has 4 nitrogen and oxygen atoms in total. The van der Waals surface area contributed by atoms with Crippen LogP contribution in [0.15, 0.2) is 66.0 Å². The summed E-state index contributed by atoms with van der Waals surface area (Å²) in [6.45, 7) is 18.1. The third-order valence-corrected chi connectivity index (χ3v) is 5.90. The van der Waals surface area contributed by atoms with Crippen LogP contribution in [0, 0.1) is 12.8 Å². The third kappa shape index (κ3) is 4.93. The van der Waals surface area contributed by atoms with Crippen molar-refractivity contribution in [3.63, 3.8) is 0 Å². The molecule has 30 heavy (non-hydrogen) atoms. The highest BCUT2D eigenvalue weighted by Gasteiger charge is 2.42. The number of hydrogen-bond donors (Lipinski definition) is 0. The minimum absolute atomic E-state index is 0.0127. The summed E-state index contributed by atoms with van der Waals surface area (Å²) in [5.74, 6) is 0.163. The van der Waals surface area contributed by atoms with Gasteiger partial charge in [0.05, 0.1) is 6.61 Å². The molecule has 2 aliphatic rings. The number of likely N-dealkylation sites (tertiary alicyclic amines) is 1. The largest absolute Gasteiger partial charge is 0.462 e. The SMILES string of the molecule is C=C1OC2(CCN(C(=O)C(C)C)CC2)OC/C1=C/C(=C)/C(C)=C/c1ccccc1C. The van der Waals surface area contributed by atoms with E-state index in [1.54, 1.807) is 0 Å². The first kappa shape index (κ1) is 22.1.